The van der Waals surface area contributed by atoms with E-state index in [2.05, 4.69) is 34.3 Å². The second kappa shape index (κ2) is 6.01. The van der Waals surface area contributed by atoms with Crippen molar-refractivity contribution in [2.45, 2.75) is 26.3 Å². The standard InChI is InChI=1S/C16H19N3O/c1-12-2-4-14(5-3-12)20-9-7-16-18-11-13-10-17-8-6-15(13)19-16/h2-5,11,17H,6-10H2,1H3. The first-order valence-corrected chi connectivity index (χ1v) is 7.05. The Morgan fingerprint density at radius 2 is 2.10 bits per heavy atom. The molecule has 0 unspecified atom stereocenters. The molecule has 0 saturated heterocycles. The van der Waals surface area contributed by atoms with E-state index in [-0.39, 0.29) is 0 Å². The van der Waals surface area contributed by atoms with Crippen molar-refractivity contribution in [2.24, 2.45) is 0 Å². The molecule has 4 heteroatoms. The normalized spacial score (nSPS) is 13.8. The van der Waals surface area contributed by atoms with Crippen LogP contribution in [0.25, 0.3) is 0 Å². The minimum absolute atomic E-state index is 0.611. The van der Waals surface area contributed by atoms with Gasteiger partial charge in [0.05, 0.1) is 6.61 Å². The summed E-state index contributed by atoms with van der Waals surface area (Å²) in [5, 5.41) is 3.32. The van der Waals surface area contributed by atoms with Crippen LogP contribution in [0.5, 0.6) is 5.75 Å². The van der Waals surface area contributed by atoms with E-state index in [0.29, 0.717) is 6.61 Å². The number of hydrogen-bond donors (Lipinski definition) is 1. The Hall–Kier alpha value is -1.94. The van der Waals surface area contributed by atoms with Crippen LogP contribution in [0.4, 0.5) is 0 Å². The highest BCUT2D eigenvalue weighted by atomic mass is 16.5. The van der Waals surface area contributed by atoms with Gasteiger partial charge in [-0.1, -0.05) is 17.7 Å². The number of fused-ring (bicyclic) bond motifs is 1. The summed E-state index contributed by atoms with van der Waals surface area (Å²) in [5.74, 6) is 1.77. The highest BCUT2D eigenvalue weighted by molar-refractivity contribution is 5.26. The van der Waals surface area contributed by atoms with Gasteiger partial charge in [-0.15, -0.1) is 0 Å². The Labute approximate surface area is 119 Å². The number of nitrogens with one attached hydrogen (secondary N) is 1. The predicted octanol–water partition coefficient (Wildman–Crippen LogP) is 2.05. The molecule has 0 atom stereocenters. The Kier molecular flexibility index (Phi) is 3.92. The van der Waals surface area contributed by atoms with E-state index in [4.69, 9.17) is 4.74 Å². The van der Waals surface area contributed by atoms with E-state index in [9.17, 15) is 0 Å². The smallest absolute Gasteiger partial charge is 0.131 e. The van der Waals surface area contributed by atoms with Gasteiger partial charge >= 0.3 is 0 Å². The van der Waals surface area contributed by atoms with Crippen LogP contribution in [0, 0.1) is 6.92 Å². The maximum atomic E-state index is 5.72. The van der Waals surface area contributed by atoms with Crippen molar-refractivity contribution < 1.29 is 4.74 Å². The van der Waals surface area contributed by atoms with Gasteiger partial charge in [-0.3, -0.25) is 0 Å². The van der Waals surface area contributed by atoms with Crippen molar-refractivity contribution in [1.29, 1.82) is 0 Å². The van der Waals surface area contributed by atoms with Gasteiger partial charge in [-0.25, -0.2) is 9.97 Å². The van der Waals surface area contributed by atoms with Crippen molar-refractivity contribution in [2.75, 3.05) is 13.2 Å². The molecule has 4 nitrogen and oxygen atoms in total. The van der Waals surface area contributed by atoms with Gasteiger partial charge < -0.3 is 10.1 Å². The summed E-state index contributed by atoms with van der Waals surface area (Å²) < 4.78 is 5.72. The Morgan fingerprint density at radius 3 is 2.95 bits per heavy atom. The van der Waals surface area contributed by atoms with E-state index in [1.165, 1.54) is 16.8 Å². The fourth-order valence-corrected chi connectivity index (χ4v) is 2.29. The van der Waals surface area contributed by atoms with Gasteiger partial charge in [0.25, 0.3) is 0 Å². The van der Waals surface area contributed by atoms with E-state index in [1.807, 2.05) is 18.3 Å². The quantitative estimate of drug-likeness (QED) is 0.923. The van der Waals surface area contributed by atoms with Crippen LogP contribution in [0.15, 0.2) is 30.5 Å². The van der Waals surface area contributed by atoms with E-state index in [0.717, 1.165) is 37.5 Å². The Bertz CT molecular complexity index is 581. The van der Waals surface area contributed by atoms with Crippen LogP contribution >= 0.6 is 0 Å². The van der Waals surface area contributed by atoms with Crippen LogP contribution in [0.2, 0.25) is 0 Å². The maximum absolute atomic E-state index is 5.72. The van der Waals surface area contributed by atoms with Crippen molar-refractivity contribution in [1.82, 2.24) is 15.3 Å². The molecule has 0 bridgehead atoms. The molecule has 1 aromatic heterocycles. The lowest BCUT2D eigenvalue weighted by Gasteiger charge is -2.16. The van der Waals surface area contributed by atoms with Gasteiger partial charge in [-0.05, 0) is 19.1 Å². The lowest BCUT2D eigenvalue weighted by molar-refractivity contribution is 0.318. The second-order valence-electron chi connectivity index (χ2n) is 5.10. The van der Waals surface area contributed by atoms with Crippen LogP contribution in [0.3, 0.4) is 0 Å². The van der Waals surface area contributed by atoms with Gasteiger partial charge in [-0.2, -0.15) is 0 Å². The summed E-state index contributed by atoms with van der Waals surface area (Å²) >= 11 is 0. The molecule has 0 fully saturated rings. The van der Waals surface area contributed by atoms with Gasteiger partial charge in [0.15, 0.2) is 0 Å². The fourth-order valence-electron chi connectivity index (χ4n) is 2.29. The van der Waals surface area contributed by atoms with Crippen molar-refractivity contribution >= 4 is 0 Å². The van der Waals surface area contributed by atoms with Crippen molar-refractivity contribution in [3.63, 3.8) is 0 Å². The molecule has 0 amide bonds. The van der Waals surface area contributed by atoms with E-state index in [1.54, 1.807) is 0 Å². The number of aryl methyl sites for hydroxylation is 1. The molecule has 20 heavy (non-hydrogen) atoms. The lowest BCUT2D eigenvalue weighted by atomic mass is 10.1. The molecular weight excluding hydrogens is 250 g/mol. The van der Waals surface area contributed by atoms with Gasteiger partial charge in [0, 0.05) is 43.4 Å². The van der Waals surface area contributed by atoms with Crippen LogP contribution < -0.4 is 10.1 Å². The molecule has 104 valence electrons. The first-order valence-electron chi connectivity index (χ1n) is 7.05. The summed E-state index contributed by atoms with van der Waals surface area (Å²) in [4.78, 5) is 9.03. The van der Waals surface area contributed by atoms with E-state index < -0.39 is 0 Å². The average molecular weight is 269 g/mol. The third-order valence-corrected chi connectivity index (χ3v) is 3.47. The molecule has 3 rings (SSSR count). The highest BCUT2D eigenvalue weighted by Crippen LogP contribution is 2.13. The van der Waals surface area contributed by atoms with Crippen molar-refractivity contribution in [3.05, 3.63) is 53.1 Å². The molecule has 1 N–H and O–H groups in total. The van der Waals surface area contributed by atoms with Crippen LogP contribution in [-0.4, -0.2) is 23.1 Å². The molecule has 0 saturated carbocycles. The van der Waals surface area contributed by atoms with Crippen LogP contribution in [0.1, 0.15) is 22.6 Å². The minimum Gasteiger partial charge on any atom is -0.493 e. The molecule has 2 aromatic rings. The predicted molar refractivity (Wildman–Crippen MR) is 77.8 cm³/mol. The lowest BCUT2D eigenvalue weighted by Crippen LogP contribution is -2.25. The number of ether oxygens (including phenoxy) is 1. The molecule has 0 spiro atoms. The Balaban J connectivity index is 1.57. The molecular formula is C16H19N3O. The summed E-state index contributed by atoms with van der Waals surface area (Å²) in [6, 6.07) is 8.10. The van der Waals surface area contributed by atoms with Gasteiger partial charge in [0.1, 0.15) is 11.6 Å². The molecule has 1 aliphatic rings. The summed E-state index contributed by atoms with van der Waals surface area (Å²) in [6.07, 6.45) is 3.67. The molecule has 1 aliphatic heterocycles. The Morgan fingerprint density at radius 1 is 1.25 bits per heavy atom. The monoisotopic (exact) mass is 269 g/mol. The first kappa shape index (κ1) is 13.1. The molecule has 1 aromatic carbocycles. The third kappa shape index (κ3) is 3.14. The molecule has 0 radical (unpaired) electrons. The second-order valence-corrected chi connectivity index (χ2v) is 5.10. The largest absolute Gasteiger partial charge is 0.493 e. The highest BCUT2D eigenvalue weighted by Gasteiger charge is 2.11. The maximum Gasteiger partial charge on any atom is 0.131 e. The zero-order valence-electron chi connectivity index (χ0n) is 11.7. The number of rotatable bonds is 4. The van der Waals surface area contributed by atoms with E-state index >= 15 is 0 Å². The van der Waals surface area contributed by atoms with Crippen molar-refractivity contribution in [3.8, 4) is 5.75 Å². The topological polar surface area (TPSA) is 47.0 Å². The SMILES string of the molecule is Cc1ccc(OCCc2ncc3c(n2)CCNC3)cc1. The number of aromatic nitrogens is 2. The number of nitrogens with zero attached hydrogens (tertiary/aromatic N) is 2. The zero-order valence-corrected chi connectivity index (χ0v) is 11.7. The minimum atomic E-state index is 0.611. The summed E-state index contributed by atoms with van der Waals surface area (Å²) in [5.41, 5.74) is 3.65. The zero-order chi connectivity index (χ0) is 13.8. The number of benzene rings is 1. The molecule has 0 aliphatic carbocycles. The summed E-state index contributed by atoms with van der Waals surface area (Å²) in [7, 11) is 0. The first-order chi connectivity index (χ1) is 9.81. The van der Waals surface area contributed by atoms with Gasteiger partial charge in [0.2, 0.25) is 0 Å². The molecule has 2 heterocycles. The summed E-state index contributed by atoms with van der Waals surface area (Å²) in [6.45, 7) is 4.57. The average Bonchev–Trinajstić information content (AvgIpc) is 2.49. The number of hydrogen-bond acceptors (Lipinski definition) is 4. The third-order valence-electron chi connectivity index (χ3n) is 3.47. The fraction of sp³-hybridized carbons (Fsp3) is 0.375. The van der Waals surface area contributed by atoms with Crippen LogP contribution in [-0.2, 0) is 19.4 Å².